The van der Waals surface area contributed by atoms with Crippen molar-refractivity contribution in [3.63, 3.8) is 0 Å². The molecule has 1 aliphatic rings. The Labute approximate surface area is 104 Å². The monoisotopic (exact) mass is 258 g/mol. The molecular weight excluding hydrogens is 241 g/mol. The molecule has 0 radical (unpaired) electrons. The van der Waals surface area contributed by atoms with Gasteiger partial charge in [-0.05, 0) is 31.0 Å². The van der Waals surface area contributed by atoms with Crippen LogP contribution in [-0.4, -0.2) is 12.1 Å². The van der Waals surface area contributed by atoms with Gasteiger partial charge in [-0.25, -0.2) is 0 Å². The van der Waals surface area contributed by atoms with Gasteiger partial charge in [0.05, 0.1) is 5.56 Å². The summed E-state index contributed by atoms with van der Waals surface area (Å²) >= 11 is 0. The van der Waals surface area contributed by atoms with Crippen molar-refractivity contribution in [2.75, 3.05) is 5.32 Å². The molecule has 2 atom stereocenters. The smallest absolute Gasteiger partial charge is 0.381 e. The van der Waals surface area contributed by atoms with Crippen molar-refractivity contribution in [3.8, 4) is 0 Å². The molecule has 5 heteroatoms. The van der Waals surface area contributed by atoms with Crippen molar-refractivity contribution in [1.29, 1.82) is 0 Å². The van der Waals surface area contributed by atoms with E-state index in [1.54, 1.807) is 6.07 Å². The van der Waals surface area contributed by atoms with Gasteiger partial charge >= 0.3 is 6.18 Å². The largest absolute Gasteiger partial charge is 0.416 e. The lowest BCUT2D eigenvalue weighted by Gasteiger charge is -2.30. The summed E-state index contributed by atoms with van der Waals surface area (Å²) in [6.45, 7) is 0. The average molecular weight is 258 g/mol. The SMILES string of the molecule is NC1CCCCC1Nc1cccc(C(F)(F)F)c1. The van der Waals surface area contributed by atoms with E-state index in [4.69, 9.17) is 5.73 Å². The van der Waals surface area contributed by atoms with E-state index in [1.165, 1.54) is 6.07 Å². The van der Waals surface area contributed by atoms with Gasteiger partial charge in [0.1, 0.15) is 0 Å². The lowest BCUT2D eigenvalue weighted by atomic mass is 9.91. The van der Waals surface area contributed by atoms with Crippen molar-refractivity contribution in [1.82, 2.24) is 0 Å². The maximum Gasteiger partial charge on any atom is 0.416 e. The van der Waals surface area contributed by atoms with Gasteiger partial charge in [0.15, 0.2) is 0 Å². The summed E-state index contributed by atoms with van der Waals surface area (Å²) in [5.74, 6) is 0. The minimum atomic E-state index is -4.30. The zero-order chi connectivity index (χ0) is 13.2. The van der Waals surface area contributed by atoms with E-state index in [0.29, 0.717) is 5.69 Å². The molecule has 0 aromatic heterocycles. The fraction of sp³-hybridized carbons (Fsp3) is 0.538. The lowest BCUT2D eigenvalue weighted by molar-refractivity contribution is -0.137. The van der Waals surface area contributed by atoms with E-state index < -0.39 is 11.7 Å². The van der Waals surface area contributed by atoms with Crippen LogP contribution in [-0.2, 0) is 6.18 Å². The summed E-state index contributed by atoms with van der Waals surface area (Å²) in [4.78, 5) is 0. The van der Waals surface area contributed by atoms with Crippen LogP contribution < -0.4 is 11.1 Å². The molecule has 0 amide bonds. The molecule has 2 nitrogen and oxygen atoms in total. The Hall–Kier alpha value is -1.23. The van der Waals surface area contributed by atoms with Crippen LogP contribution in [0.15, 0.2) is 24.3 Å². The first-order chi connectivity index (χ1) is 8.47. The van der Waals surface area contributed by atoms with Crippen molar-refractivity contribution in [2.45, 2.75) is 43.9 Å². The zero-order valence-corrected chi connectivity index (χ0v) is 10.0. The van der Waals surface area contributed by atoms with Crippen molar-refractivity contribution < 1.29 is 13.2 Å². The summed E-state index contributed by atoms with van der Waals surface area (Å²) in [7, 11) is 0. The maximum atomic E-state index is 12.6. The zero-order valence-electron chi connectivity index (χ0n) is 10.0. The molecule has 0 aliphatic heterocycles. The number of halogens is 3. The molecule has 3 N–H and O–H groups in total. The molecule has 1 aromatic rings. The standard InChI is InChI=1S/C13H17F3N2/c14-13(15,16)9-4-3-5-10(8-9)18-12-7-2-1-6-11(12)17/h3-5,8,11-12,18H,1-2,6-7,17H2. The molecule has 0 bridgehead atoms. The summed E-state index contributed by atoms with van der Waals surface area (Å²) in [5, 5.41) is 3.12. The maximum absolute atomic E-state index is 12.6. The molecule has 1 aliphatic carbocycles. The topological polar surface area (TPSA) is 38.0 Å². The van der Waals surface area contributed by atoms with Crippen LogP contribution in [0.3, 0.4) is 0 Å². The minimum absolute atomic E-state index is 0.0216. The average Bonchev–Trinajstić information content (AvgIpc) is 2.31. The van der Waals surface area contributed by atoms with Crippen LogP contribution in [0.25, 0.3) is 0 Å². The molecule has 18 heavy (non-hydrogen) atoms. The summed E-state index contributed by atoms with van der Waals surface area (Å²) in [6, 6.07) is 5.37. The number of hydrogen-bond donors (Lipinski definition) is 2. The van der Waals surface area contributed by atoms with Crippen LogP contribution >= 0.6 is 0 Å². The highest BCUT2D eigenvalue weighted by atomic mass is 19.4. The molecule has 1 aromatic carbocycles. The second-order valence-corrected chi connectivity index (χ2v) is 4.78. The third-order valence-electron chi connectivity index (χ3n) is 3.36. The number of nitrogens with one attached hydrogen (secondary N) is 1. The van der Waals surface area contributed by atoms with Gasteiger partial charge in [-0.1, -0.05) is 18.9 Å². The lowest BCUT2D eigenvalue weighted by Crippen LogP contribution is -2.42. The fourth-order valence-corrected chi connectivity index (χ4v) is 2.34. The Bertz CT molecular complexity index is 403. The first-order valence-electron chi connectivity index (χ1n) is 6.16. The first kappa shape index (κ1) is 13.2. The Morgan fingerprint density at radius 2 is 1.89 bits per heavy atom. The summed E-state index contributed by atoms with van der Waals surface area (Å²) in [5.41, 5.74) is 5.83. The normalized spacial score (nSPS) is 24.9. The highest BCUT2D eigenvalue weighted by molar-refractivity contribution is 5.47. The van der Waals surface area contributed by atoms with E-state index in [0.717, 1.165) is 37.8 Å². The predicted molar refractivity (Wildman–Crippen MR) is 65.3 cm³/mol. The number of hydrogen-bond acceptors (Lipinski definition) is 2. The third-order valence-corrected chi connectivity index (χ3v) is 3.36. The number of anilines is 1. The second-order valence-electron chi connectivity index (χ2n) is 4.78. The van der Waals surface area contributed by atoms with Gasteiger partial charge in [0, 0.05) is 17.8 Å². The molecule has 1 fully saturated rings. The van der Waals surface area contributed by atoms with Gasteiger partial charge < -0.3 is 11.1 Å². The van der Waals surface area contributed by atoms with Gasteiger partial charge in [-0.15, -0.1) is 0 Å². The Balaban J connectivity index is 2.09. The number of nitrogens with two attached hydrogens (primary N) is 1. The Morgan fingerprint density at radius 1 is 1.17 bits per heavy atom. The first-order valence-corrected chi connectivity index (χ1v) is 6.16. The molecular formula is C13H17F3N2. The number of alkyl halides is 3. The van der Waals surface area contributed by atoms with E-state index in [2.05, 4.69) is 5.32 Å². The van der Waals surface area contributed by atoms with Gasteiger partial charge in [0.25, 0.3) is 0 Å². The van der Waals surface area contributed by atoms with Gasteiger partial charge in [0.2, 0.25) is 0 Å². The molecule has 1 saturated carbocycles. The van der Waals surface area contributed by atoms with E-state index in [1.807, 2.05) is 0 Å². The van der Waals surface area contributed by atoms with Gasteiger partial charge in [-0.2, -0.15) is 13.2 Å². The molecule has 100 valence electrons. The molecule has 0 saturated heterocycles. The number of rotatable bonds is 2. The van der Waals surface area contributed by atoms with Crippen molar-refractivity contribution >= 4 is 5.69 Å². The van der Waals surface area contributed by atoms with E-state index in [-0.39, 0.29) is 12.1 Å². The predicted octanol–water partition coefficient (Wildman–Crippen LogP) is 3.39. The minimum Gasteiger partial charge on any atom is -0.381 e. The summed E-state index contributed by atoms with van der Waals surface area (Å²) < 4.78 is 37.7. The molecule has 2 unspecified atom stereocenters. The van der Waals surface area contributed by atoms with Crippen LogP contribution in [0.1, 0.15) is 31.2 Å². The van der Waals surface area contributed by atoms with Crippen LogP contribution in [0, 0.1) is 0 Å². The summed E-state index contributed by atoms with van der Waals surface area (Å²) in [6.07, 6.45) is -0.285. The molecule has 0 spiro atoms. The van der Waals surface area contributed by atoms with E-state index >= 15 is 0 Å². The highest BCUT2D eigenvalue weighted by Crippen LogP contribution is 2.31. The third kappa shape index (κ3) is 3.16. The quantitative estimate of drug-likeness (QED) is 0.853. The van der Waals surface area contributed by atoms with Gasteiger partial charge in [-0.3, -0.25) is 0 Å². The fourth-order valence-electron chi connectivity index (χ4n) is 2.34. The van der Waals surface area contributed by atoms with Crippen LogP contribution in [0.4, 0.5) is 18.9 Å². The number of benzene rings is 1. The second kappa shape index (κ2) is 5.18. The Kier molecular flexibility index (Phi) is 3.80. The van der Waals surface area contributed by atoms with Crippen molar-refractivity contribution in [3.05, 3.63) is 29.8 Å². The van der Waals surface area contributed by atoms with Crippen LogP contribution in [0.2, 0.25) is 0 Å². The molecule has 2 rings (SSSR count). The van der Waals surface area contributed by atoms with E-state index in [9.17, 15) is 13.2 Å². The van der Waals surface area contributed by atoms with Crippen molar-refractivity contribution in [2.24, 2.45) is 5.73 Å². The Morgan fingerprint density at radius 3 is 2.56 bits per heavy atom. The highest BCUT2D eigenvalue weighted by Gasteiger charge is 2.30. The molecule has 0 heterocycles. The van der Waals surface area contributed by atoms with Crippen LogP contribution in [0.5, 0.6) is 0 Å².